The largest absolute Gasteiger partial charge is 0.316 e. The van der Waals surface area contributed by atoms with Gasteiger partial charge in [0.1, 0.15) is 0 Å². The summed E-state index contributed by atoms with van der Waals surface area (Å²) >= 11 is 0. The van der Waals surface area contributed by atoms with Crippen LogP contribution in [0.2, 0.25) is 0 Å². The third-order valence-corrected chi connectivity index (χ3v) is 0. The molecule has 0 saturated carbocycles. The van der Waals surface area contributed by atoms with E-state index in [-0.39, 0.29) is 112 Å². The molecule has 0 fully saturated rings. The average molecular weight is 305 g/mol. The number of rotatable bonds is 0. The molecule has 8 nitrogen and oxygen atoms in total. The maximum absolute atomic E-state index is 8.74. The summed E-state index contributed by atoms with van der Waals surface area (Å²) in [6.07, 6.45) is 0. The normalized spacial score (nSPS) is 8.92. The summed E-state index contributed by atoms with van der Waals surface area (Å²) in [7, 11) is -9.33. The molecule has 0 unspecified atom stereocenters. The minimum atomic E-state index is -4.67. The second kappa shape index (κ2) is 13.5. The van der Waals surface area contributed by atoms with E-state index >= 15 is 0 Å². The van der Waals surface area contributed by atoms with Gasteiger partial charge in [-0.3, -0.25) is 18.2 Å². The third kappa shape index (κ3) is 239. The topological polar surface area (TPSA) is 149 Å². The van der Waals surface area contributed by atoms with Gasteiger partial charge in [0.25, 0.3) is 0 Å². The van der Waals surface area contributed by atoms with Crippen molar-refractivity contribution in [3.63, 3.8) is 0 Å². The van der Waals surface area contributed by atoms with Gasteiger partial charge < -0.3 is 0 Å². The first-order valence-electron chi connectivity index (χ1n) is 1.40. The fraction of sp³-hybridized carbons (Fsp3) is 0. The second-order valence-electron chi connectivity index (χ2n) is 0.896. The molecule has 4 N–H and O–H groups in total. The van der Waals surface area contributed by atoms with Crippen molar-refractivity contribution in [1.29, 1.82) is 0 Å². The number of hydrogen-bond acceptors (Lipinski definition) is 4. The van der Waals surface area contributed by atoms with Crippen LogP contribution in [0.1, 0.15) is 0 Å². The summed E-state index contributed by atoms with van der Waals surface area (Å²) in [4.78, 5) is 0. The first-order valence-corrected chi connectivity index (χ1v) is 4.19. The van der Waals surface area contributed by atoms with Crippen LogP contribution in [-0.4, -0.2) is 147 Å². The molecule has 0 bridgehead atoms. The molecule has 13 heteroatoms. The van der Waals surface area contributed by atoms with Gasteiger partial charge in [0.15, 0.2) is 0 Å². The minimum absolute atomic E-state index is 0. The molecule has 0 aromatic heterocycles. The van der Waals surface area contributed by atoms with Crippen molar-refractivity contribution in [3.05, 3.63) is 0 Å². The molecule has 0 radical (unpaired) electrons. The van der Waals surface area contributed by atoms with E-state index in [1.165, 1.54) is 0 Å². The van der Waals surface area contributed by atoms with Gasteiger partial charge in [-0.05, 0) is 0 Å². The van der Waals surface area contributed by atoms with Crippen molar-refractivity contribution >= 4 is 133 Å². The van der Waals surface area contributed by atoms with E-state index in [0.717, 1.165) is 0 Å². The van der Waals surface area contributed by atoms with Crippen LogP contribution in [0.4, 0.5) is 0 Å². The third-order valence-electron chi connectivity index (χ3n) is 0. The van der Waals surface area contributed by atoms with Crippen molar-refractivity contribution < 1.29 is 35.0 Å². The predicted octanol–water partition coefficient (Wildman–Crippen LogP) is -3.79. The van der Waals surface area contributed by atoms with Crippen LogP contribution in [0.5, 0.6) is 0 Å². The summed E-state index contributed by atoms with van der Waals surface area (Å²) in [6, 6.07) is 0. The molecule has 0 saturated heterocycles. The van der Waals surface area contributed by atoms with Crippen LogP contribution in [0, 0.1) is 0 Å². The molecule has 0 atom stereocenters. The Balaban J connectivity index is -0.0000000267. The van der Waals surface area contributed by atoms with Gasteiger partial charge in [-0.25, -0.2) is 0 Å². The predicted molar refractivity (Wildman–Crippen MR) is 52.6 cm³/mol. The standard InChI is InChI=1S/Ca.K.Mg.2H2O4S.5H/c;;;2*1-5(2,3)4;;;;;/h;;;2*(H2,1,2,3,4);;;;;. The Kier molecular flexibility index (Phi) is 31.0. The number of hydrogen-bond donors (Lipinski definition) is 4. The summed E-state index contributed by atoms with van der Waals surface area (Å²) in [6.45, 7) is 0. The Bertz CT molecular complexity index is 219. The molecule has 0 amide bonds. The molecule has 0 heterocycles. The van der Waals surface area contributed by atoms with E-state index < -0.39 is 20.8 Å². The van der Waals surface area contributed by atoms with E-state index in [4.69, 9.17) is 35.0 Å². The Morgan fingerprint density at radius 2 is 0.692 bits per heavy atom. The molecule has 0 aliphatic carbocycles. The summed E-state index contributed by atoms with van der Waals surface area (Å²) in [5, 5.41) is 0. The van der Waals surface area contributed by atoms with Gasteiger partial charge in [0.05, 0.1) is 0 Å². The van der Waals surface area contributed by atoms with E-state index in [1.807, 2.05) is 0 Å². The van der Waals surface area contributed by atoms with E-state index in [0.29, 0.717) is 0 Å². The summed E-state index contributed by atoms with van der Waals surface area (Å²) in [5.74, 6) is 0. The van der Waals surface area contributed by atoms with Gasteiger partial charge in [-0.2, -0.15) is 16.8 Å². The van der Waals surface area contributed by atoms with E-state index in [1.54, 1.807) is 0 Å². The molecule has 74 valence electrons. The van der Waals surface area contributed by atoms with Gasteiger partial charge in [-0.1, -0.05) is 0 Å². The SMILES string of the molecule is O=S(=O)(O)O.O=S(=O)(O)O.[CaH2].[KH].[MgH2]. The van der Waals surface area contributed by atoms with Gasteiger partial charge >= 0.3 is 133 Å². The zero-order valence-electron chi connectivity index (χ0n) is 4.24. The minimum Gasteiger partial charge on any atom is 0.316 e. The first-order chi connectivity index (χ1) is 4.00. The van der Waals surface area contributed by atoms with Crippen molar-refractivity contribution in [2.75, 3.05) is 0 Å². The maximum atomic E-state index is 8.74. The summed E-state index contributed by atoms with van der Waals surface area (Å²) < 4.78 is 63.2. The van der Waals surface area contributed by atoms with E-state index in [2.05, 4.69) is 0 Å². The molecule has 0 aliphatic rings. The van der Waals surface area contributed by atoms with Crippen LogP contribution in [-0.2, 0) is 20.8 Å². The second-order valence-corrected chi connectivity index (χ2v) is 2.69. The summed E-state index contributed by atoms with van der Waals surface area (Å²) in [5.41, 5.74) is 0. The van der Waals surface area contributed by atoms with Crippen molar-refractivity contribution in [1.82, 2.24) is 0 Å². The Morgan fingerprint density at radius 3 is 0.692 bits per heavy atom. The Hall–Kier alpha value is 3.40. The first kappa shape index (κ1) is 29.9. The Labute approximate surface area is 164 Å². The average Bonchev–Trinajstić information content (AvgIpc) is 1.12. The zero-order chi connectivity index (χ0) is 9.00. The maximum Gasteiger partial charge on any atom is 0.316 e. The molecule has 0 aliphatic heterocycles. The van der Waals surface area contributed by atoms with Gasteiger partial charge in [0.2, 0.25) is 0 Å². The molecule has 13 heavy (non-hydrogen) atoms. The molecular weight excluding hydrogens is 296 g/mol. The fourth-order valence-electron chi connectivity index (χ4n) is 0. The van der Waals surface area contributed by atoms with Crippen molar-refractivity contribution in [2.45, 2.75) is 0 Å². The van der Waals surface area contributed by atoms with Crippen LogP contribution in [0.15, 0.2) is 0 Å². The molecular formula is H9CaKMgO8S2. The molecule has 0 rings (SSSR count). The van der Waals surface area contributed by atoms with Crippen molar-refractivity contribution in [3.8, 4) is 0 Å². The molecule has 0 spiro atoms. The fourth-order valence-corrected chi connectivity index (χ4v) is 0. The molecule has 0 aromatic carbocycles. The Morgan fingerprint density at radius 1 is 0.692 bits per heavy atom. The smallest absolute Gasteiger partial charge is 0.316 e. The van der Waals surface area contributed by atoms with Crippen LogP contribution in [0.3, 0.4) is 0 Å². The molecule has 0 aromatic rings. The van der Waals surface area contributed by atoms with E-state index in [9.17, 15) is 0 Å². The monoisotopic (exact) mass is 304 g/mol. The van der Waals surface area contributed by atoms with Gasteiger partial charge in [0, 0.05) is 0 Å². The van der Waals surface area contributed by atoms with Crippen LogP contribution < -0.4 is 0 Å². The van der Waals surface area contributed by atoms with Crippen LogP contribution in [0.25, 0.3) is 0 Å². The van der Waals surface area contributed by atoms with Crippen molar-refractivity contribution in [2.24, 2.45) is 0 Å². The quantitative estimate of drug-likeness (QED) is 0.263. The zero-order valence-corrected chi connectivity index (χ0v) is 5.87. The van der Waals surface area contributed by atoms with Gasteiger partial charge in [-0.15, -0.1) is 0 Å². The van der Waals surface area contributed by atoms with Crippen LogP contribution >= 0.6 is 0 Å².